The number of aliphatic hydroxyl groups is 1. The summed E-state index contributed by atoms with van der Waals surface area (Å²) < 4.78 is 40.4. The molecule has 1 N–H and O–H groups in total. The molecule has 1 aromatic rings. The zero-order valence-electron chi connectivity index (χ0n) is 10.4. The van der Waals surface area contributed by atoms with Crippen LogP contribution in [0.5, 0.6) is 0 Å². The van der Waals surface area contributed by atoms with Gasteiger partial charge in [0.1, 0.15) is 0 Å². The van der Waals surface area contributed by atoms with Gasteiger partial charge in [-0.2, -0.15) is 13.2 Å². The number of methoxy groups -OCH3 is 1. The quantitative estimate of drug-likeness (QED) is 0.840. The van der Waals surface area contributed by atoms with Crippen LogP contribution in [0, 0.1) is 0 Å². The molecule has 1 unspecified atom stereocenters. The molecule has 0 aliphatic rings. The number of carbonyl (C=O) groups is 1. The Morgan fingerprint density at radius 2 is 1.89 bits per heavy atom. The normalized spacial score (nSPS) is 13.1. The van der Waals surface area contributed by atoms with Crippen molar-refractivity contribution in [2.75, 3.05) is 7.11 Å². The highest BCUT2D eigenvalue weighted by Crippen LogP contribution is 2.26. The average molecular weight is 276 g/mol. The van der Waals surface area contributed by atoms with Crippen LogP contribution in [0.2, 0.25) is 0 Å². The van der Waals surface area contributed by atoms with Gasteiger partial charge in [-0.05, 0) is 30.5 Å². The van der Waals surface area contributed by atoms with E-state index in [0.29, 0.717) is 11.1 Å². The Morgan fingerprint density at radius 3 is 2.37 bits per heavy atom. The summed E-state index contributed by atoms with van der Waals surface area (Å²) in [7, 11) is 1.25. The molecule has 6 heteroatoms. The van der Waals surface area contributed by atoms with Crippen molar-refractivity contribution in [3.63, 3.8) is 0 Å². The first-order valence-corrected chi connectivity index (χ1v) is 5.76. The van der Waals surface area contributed by atoms with Crippen LogP contribution in [0.3, 0.4) is 0 Å². The molecule has 3 nitrogen and oxygen atoms in total. The minimum Gasteiger partial charge on any atom is -0.465 e. The number of benzene rings is 1. The number of hydrogen-bond acceptors (Lipinski definition) is 3. The van der Waals surface area contributed by atoms with E-state index < -0.39 is 24.7 Å². The van der Waals surface area contributed by atoms with Crippen molar-refractivity contribution in [2.45, 2.75) is 31.5 Å². The molecule has 0 saturated carbocycles. The van der Waals surface area contributed by atoms with Gasteiger partial charge in [0.15, 0.2) is 0 Å². The summed E-state index contributed by atoms with van der Waals surface area (Å²) in [6.45, 7) is 0. The molecule has 0 heterocycles. The molecule has 106 valence electrons. The minimum atomic E-state index is -4.20. The predicted molar refractivity (Wildman–Crippen MR) is 62.6 cm³/mol. The summed E-state index contributed by atoms with van der Waals surface area (Å²) in [5, 5.41) is 9.72. The number of carbonyl (C=O) groups excluding carboxylic acids is 1. The van der Waals surface area contributed by atoms with E-state index in [2.05, 4.69) is 4.74 Å². The number of esters is 1. The first-order chi connectivity index (χ1) is 8.83. The van der Waals surface area contributed by atoms with Crippen LogP contribution < -0.4 is 0 Å². The van der Waals surface area contributed by atoms with Crippen molar-refractivity contribution < 1.29 is 27.8 Å². The SMILES string of the molecule is COC(=O)c1ccc(C(O)CCCC(F)(F)F)cc1. The molecule has 0 aliphatic carbocycles. The van der Waals surface area contributed by atoms with Crippen LogP contribution in [0.25, 0.3) is 0 Å². The summed E-state index contributed by atoms with van der Waals surface area (Å²) in [5.41, 5.74) is 0.809. The smallest absolute Gasteiger partial charge is 0.389 e. The topological polar surface area (TPSA) is 46.5 Å². The van der Waals surface area contributed by atoms with E-state index in [1.165, 1.54) is 31.4 Å². The molecule has 0 amide bonds. The summed E-state index contributed by atoms with van der Waals surface area (Å²) in [6.07, 6.45) is -6.19. The lowest BCUT2D eigenvalue weighted by atomic mass is 10.0. The zero-order chi connectivity index (χ0) is 14.5. The van der Waals surface area contributed by atoms with Gasteiger partial charge in [-0.1, -0.05) is 12.1 Å². The maximum Gasteiger partial charge on any atom is 0.389 e. The Labute approximate surface area is 109 Å². The van der Waals surface area contributed by atoms with Crippen LogP contribution in [-0.2, 0) is 4.74 Å². The monoisotopic (exact) mass is 276 g/mol. The van der Waals surface area contributed by atoms with E-state index >= 15 is 0 Å². The molecular formula is C13H15F3O3. The second kappa shape index (κ2) is 6.56. The fraction of sp³-hybridized carbons (Fsp3) is 0.462. The molecule has 0 saturated heterocycles. The van der Waals surface area contributed by atoms with Crippen molar-refractivity contribution in [2.24, 2.45) is 0 Å². The third-order valence-corrected chi connectivity index (χ3v) is 2.65. The molecule has 0 aromatic heterocycles. The summed E-state index contributed by atoms with van der Waals surface area (Å²) in [5.74, 6) is -0.502. The molecule has 0 spiro atoms. The van der Waals surface area contributed by atoms with E-state index in [1.54, 1.807) is 0 Å². The third-order valence-electron chi connectivity index (χ3n) is 2.65. The standard InChI is InChI=1S/C13H15F3O3/c1-19-12(18)10-6-4-9(5-7-10)11(17)3-2-8-13(14,15)16/h4-7,11,17H,2-3,8H2,1H3. The fourth-order valence-corrected chi connectivity index (χ4v) is 1.62. The molecule has 0 bridgehead atoms. The zero-order valence-corrected chi connectivity index (χ0v) is 10.4. The number of alkyl halides is 3. The van der Waals surface area contributed by atoms with Crippen LogP contribution in [0.4, 0.5) is 13.2 Å². The van der Waals surface area contributed by atoms with E-state index in [4.69, 9.17) is 0 Å². The second-order valence-corrected chi connectivity index (χ2v) is 4.14. The van der Waals surface area contributed by atoms with E-state index in [1.807, 2.05) is 0 Å². The second-order valence-electron chi connectivity index (χ2n) is 4.14. The summed E-state index contributed by atoms with van der Waals surface area (Å²) >= 11 is 0. The first-order valence-electron chi connectivity index (χ1n) is 5.76. The molecule has 1 rings (SSSR count). The maximum absolute atomic E-state index is 12.0. The summed E-state index contributed by atoms with van der Waals surface area (Å²) in [4.78, 5) is 11.2. The Hall–Kier alpha value is -1.56. The van der Waals surface area contributed by atoms with Crippen molar-refractivity contribution in [3.8, 4) is 0 Å². The van der Waals surface area contributed by atoms with Crippen LogP contribution in [0.15, 0.2) is 24.3 Å². The van der Waals surface area contributed by atoms with Crippen LogP contribution in [-0.4, -0.2) is 24.4 Å². The minimum absolute atomic E-state index is 0.0249. The molecule has 0 fully saturated rings. The van der Waals surface area contributed by atoms with Crippen molar-refractivity contribution in [1.29, 1.82) is 0 Å². The Morgan fingerprint density at radius 1 is 1.32 bits per heavy atom. The van der Waals surface area contributed by atoms with Crippen molar-refractivity contribution in [3.05, 3.63) is 35.4 Å². The highest BCUT2D eigenvalue weighted by atomic mass is 19.4. The number of ether oxygens (including phenoxy) is 1. The molecule has 0 radical (unpaired) electrons. The van der Waals surface area contributed by atoms with Gasteiger partial charge in [0.25, 0.3) is 0 Å². The van der Waals surface area contributed by atoms with Gasteiger partial charge in [-0.15, -0.1) is 0 Å². The molecule has 1 aromatic carbocycles. The van der Waals surface area contributed by atoms with Gasteiger partial charge in [0.05, 0.1) is 18.8 Å². The lowest BCUT2D eigenvalue weighted by molar-refractivity contribution is -0.136. The van der Waals surface area contributed by atoms with Crippen LogP contribution in [0.1, 0.15) is 41.3 Å². The lowest BCUT2D eigenvalue weighted by Crippen LogP contribution is -2.08. The van der Waals surface area contributed by atoms with E-state index in [0.717, 1.165) is 0 Å². The van der Waals surface area contributed by atoms with Gasteiger partial charge in [-0.25, -0.2) is 4.79 Å². The van der Waals surface area contributed by atoms with Crippen LogP contribution >= 0.6 is 0 Å². The third kappa shape index (κ3) is 5.30. The van der Waals surface area contributed by atoms with Crippen molar-refractivity contribution in [1.82, 2.24) is 0 Å². The highest BCUT2D eigenvalue weighted by Gasteiger charge is 2.26. The predicted octanol–water partition coefficient (Wildman–Crippen LogP) is 3.24. The Bertz CT molecular complexity index is 412. The highest BCUT2D eigenvalue weighted by molar-refractivity contribution is 5.89. The fourth-order valence-electron chi connectivity index (χ4n) is 1.62. The maximum atomic E-state index is 12.0. The molecular weight excluding hydrogens is 261 g/mol. The van der Waals surface area contributed by atoms with E-state index in [9.17, 15) is 23.1 Å². The molecule has 19 heavy (non-hydrogen) atoms. The van der Waals surface area contributed by atoms with Gasteiger partial charge in [0, 0.05) is 6.42 Å². The van der Waals surface area contributed by atoms with Gasteiger partial charge in [0.2, 0.25) is 0 Å². The molecule has 1 atom stereocenters. The van der Waals surface area contributed by atoms with Gasteiger partial charge >= 0.3 is 12.1 Å². The van der Waals surface area contributed by atoms with Gasteiger partial charge < -0.3 is 9.84 Å². The van der Waals surface area contributed by atoms with Crippen molar-refractivity contribution >= 4 is 5.97 Å². The largest absolute Gasteiger partial charge is 0.465 e. The Kier molecular flexibility index (Phi) is 5.35. The average Bonchev–Trinajstić information content (AvgIpc) is 2.36. The number of halogens is 3. The number of aliphatic hydroxyl groups excluding tert-OH is 1. The number of hydrogen-bond donors (Lipinski definition) is 1. The number of rotatable bonds is 5. The lowest BCUT2D eigenvalue weighted by Gasteiger charge is -2.12. The Balaban J connectivity index is 2.53. The molecule has 0 aliphatic heterocycles. The van der Waals surface area contributed by atoms with Gasteiger partial charge in [-0.3, -0.25) is 0 Å². The van der Waals surface area contributed by atoms with E-state index in [-0.39, 0.29) is 12.8 Å². The first kappa shape index (κ1) is 15.5. The summed E-state index contributed by atoms with van der Waals surface area (Å²) in [6, 6.07) is 5.94.